The fourth-order valence-corrected chi connectivity index (χ4v) is 1.45. The molecule has 0 aliphatic rings. The lowest BCUT2D eigenvalue weighted by molar-refractivity contribution is 0.624. The topological polar surface area (TPSA) is 0 Å². The van der Waals surface area contributed by atoms with Crippen LogP contribution in [0.4, 0.5) is 4.39 Å². The first-order valence-corrected chi connectivity index (χ1v) is 4.47. The molecule has 0 spiro atoms. The van der Waals surface area contributed by atoms with Crippen molar-refractivity contribution in [2.45, 2.75) is 19.8 Å². The third-order valence-corrected chi connectivity index (χ3v) is 2.30. The molecule has 0 heterocycles. The normalized spacial score (nSPS) is 10.1. The fourth-order valence-electron chi connectivity index (χ4n) is 1.00. The van der Waals surface area contributed by atoms with Gasteiger partial charge in [-0.15, -0.1) is 0 Å². The van der Waals surface area contributed by atoms with Crippen LogP contribution in [0.5, 0.6) is 0 Å². The maximum Gasteiger partial charge on any atom is 0.123 e. The Morgan fingerprint density at radius 2 is 2.18 bits per heavy atom. The molecule has 11 heavy (non-hydrogen) atoms. The van der Waals surface area contributed by atoms with Crippen molar-refractivity contribution in [1.29, 1.82) is 0 Å². The van der Waals surface area contributed by atoms with Crippen LogP contribution in [0.1, 0.15) is 18.9 Å². The van der Waals surface area contributed by atoms with Gasteiger partial charge in [0.2, 0.25) is 0 Å². The van der Waals surface area contributed by atoms with Crippen LogP contribution in [-0.4, -0.2) is 0 Å². The van der Waals surface area contributed by atoms with E-state index in [0.717, 1.165) is 22.9 Å². The van der Waals surface area contributed by atoms with Crippen molar-refractivity contribution in [2.75, 3.05) is 0 Å². The van der Waals surface area contributed by atoms with Crippen molar-refractivity contribution in [3.8, 4) is 0 Å². The third-order valence-electron chi connectivity index (χ3n) is 1.53. The molecule has 0 saturated carbocycles. The molecule has 60 valence electrons. The van der Waals surface area contributed by atoms with Crippen LogP contribution >= 0.6 is 15.9 Å². The molecule has 0 aromatic heterocycles. The van der Waals surface area contributed by atoms with Gasteiger partial charge in [0.15, 0.2) is 0 Å². The molecule has 0 amide bonds. The van der Waals surface area contributed by atoms with E-state index in [1.165, 1.54) is 6.07 Å². The van der Waals surface area contributed by atoms with Crippen molar-refractivity contribution in [2.24, 2.45) is 0 Å². The van der Waals surface area contributed by atoms with Gasteiger partial charge in [-0.1, -0.05) is 29.3 Å². The van der Waals surface area contributed by atoms with Crippen molar-refractivity contribution >= 4 is 15.9 Å². The van der Waals surface area contributed by atoms with Crippen molar-refractivity contribution in [1.82, 2.24) is 0 Å². The fraction of sp³-hybridized carbons (Fsp3) is 0.333. The Balaban J connectivity index is 2.93. The molecule has 1 aromatic rings. The summed E-state index contributed by atoms with van der Waals surface area (Å²) < 4.78 is 13.7. The number of hydrogen-bond donors (Lipinski definition) is 0. The van der Waals surface area contributed by atoms with E-state index in [1.54, 1.807) is 12.1 Å². The highest BCUT2D eigenvalue weighted by molar-refractivity contribution is 9.10. The summed E-state index contributed by atoms with van der Waals surface area (Å²) >= 11 is 3.36. The van der Waals surface area contributed by atoms with Crippen LogP contribution in [0, 0.1) is 5.82 Å². The third kappa shape index (κ3) is 2.29. The number of halogens is 2. The van der Waals surface area contributed by atoms with Crippen LogP contribution in [0.2, 0.25) is 0 Å². The lowest BCUT2D eigenvalue weighted by Crippen LogP contribution is -1.86. The molecule has 0 aliphatic carbocycles. The first-order chi connectivity index (χ1) is 5.24. The SMILES string of the molecule is CCCc1cc(F)ccc1Br. The average Bonchev–Trinajstić information content (AvgIpc) is 1.98. The molecule has 2 heteroatoms. The van der Waals surface area contributed by atoms with Gasteiger partial charge in [0.25, 0.3) is 0 Å². The van der Waals surface area contributed by atoms with Gasteiger partial charge in [-0.2, -0.15) is 0 Å². The van der Waals surface area contributed by atoms with Gasteiger partial charge >= 0.3 is 0 Å². The molecule has 0 atom stereocenters. The molecule has 0 nitrogen and oxygen atoms in total. The molecule has 0 N–H and O–H groups in total. The maximum atomic E-state index is 12.6. The summed E-state index contributed by atoms with van der Waals surface area (Å²) in [5, 5.41) is 0. The van der Waals surface area contributed by atoms with Gasteiger partial charge in [-0.05, 0) is 30.2 Å². The molecule has 0 bridgehead atoms. The van der Waals surface area contributed by atoms with E-state index in [0.29, 0.717) is 0 Å². The molecular weight excluding hydrogens is 207 g/mol. The number of hydrogen-bond acceptors (Lipinski definition) is 0. The van der Waals surface area contributed by atoms with Gasteiger partial charge in [-0.3, -0.25) is 0 Å². The Morgan fingerprint density at radius 1 is 1.45 bits per heavy atom. The zero-order valence-electron chi connectivity index (χ0n) is 6.40. The zero-order valence-corrected chi connectivity index (χ0v) is 7.99. The lowest BCUT2D eigenvalue weighted by atomic mass is 10.1. The van der Waals surface area contributed by atoms with E-state index in [-0.39, 0.29) is 5.82 Å². The minimum absolute atomic E-state index is 0.156. The summed E-state index contributed by atoms with van der Waals surface area (Å²) in [5.41, 5.74) is 1.05. The van der Waals surface area contributed by atoms with Crippen LogP contribution in [-0.2, 0) is 6.42 Å². The predicted molar refractivity (Wildman–Crippen MR) is 48.1 cm³/mol. The highest BCUT2D eigenvalue weighted by Crippen LogP contribution is 2.18. The Labute approximate surface area is 74.6 Å². The second-order valence-electron chi connectivity index (χ2n) is 2.49. The number of rotatable bonds is 2. The second-order valence-corrected chi connectivity index (χ2v) is 3.34. The average molecular weight is 217 g/mol. The van der Waals surface area contributed by atoms with Crippen molar-refractivity contribution < 1.29 is 4.39 Å². The van der Waals surface area contributed by atoms with Crippen LogP contribution in [0.25, 0.3) is 0 Å². The van der Waals surface area contributed by atoms with E-state index in [2.05, 4.69) is 22.9 Å². The largest absolute Gasteiger partial charge is 0.207 e. The molecule has 0 saturated heterocycles. The van der Waals surface area contributed by atoms with E-state index in [1.807, 2.05) is 0 Å². The Kier molecular flexibility index (Phi) is 3.06. The van der Waals surface area contributed by atoms with Gasteiger partial charge in [0.05, 0.1) is 0 Å². The van der Waals surface area contributed by atoms with E-state index < -0.39 is 0 Å². The van der Waals surface area contributed by atoms with Crippen LogP contribution in [0.3, 0.4) is 0 Å². The first kappa shape index (κ1) is 8.72. The molecular formula is C9H10BrF. The Hall–Kier alpha value is -0.370. The van der Waals surface area contributed by atoms with E-state index in [4.69, 9.17) is 0 Å². The second kappa shape index (κ2) is 3.86. The van der Waals surface area contributed by atoms with Crippen LogP contribution in [0.15, 0.2) is 22.7 Å². The summed E-state index contributed by atoms with van der Waals surface area (Å²) in [6.07, 6.45) is 1.97. The molecule has 0 radical (unpaired) electrons. The molecule has 0 unspecified atom stereocenters. The quantitative estimate of drug-likeness (QED) is 0.710. The summed E-state index contributed by atoms with van der Waals surface area (Å²) in [5.74, 6) is -0.156. The number of benzene rings is 1. The van der Waals surface area contributed by atoms with E-state index >= 15 is 0 Å². The molecule has 1 rings (SSSR count). The molecule has 0 aliphatic heterocycles. The van der Waals surface area contributed by atoms with Gasteiger partial charge in [0.1, 0.15) is 5.82 Å². The Morgan fingerprint density at radius 3 is 2.82 bits per heavy atom. The minimum atomic E-state index is -0.156. The first-order valence-electron chi connectivity index (χ1n) is 3.68. The van der Waals surface area contributed by atoms with Crippen molar-refractivity contribution in [3.05, 3.63) is 34.1 Å². The smallest absolute Gasteiger partial charge is 0.123 e. The van der Waals surface area contributed by atoms with E-state index in [9.17, 15) is 4.39 Å². The highest BCUT2D eigenvalue weighted by atomic mass is 79.9. The van der Waals surface area contributed by atoms with Crippen molar-refractivity contribution in [3.63, 3.8) is 0 Å². The predicted octanol–water partition coefficient (Wildman–Crippen LogP) is 3.54. The maximum absolute atomic E-state index is 12.6. The molecule has 0 fully saturated rings. The summed E-state index contributed by atoms with van der Waals surface area (Å²) in [6, 6.07) is 4.79. The number of aryl methyl sites for hydroxylation is 1. The zero-order chi connectivity index (χ0) is 8.27. The highest BCUT2D eigenvalue weighted by Gasteiger charge is 1.99. The standard InChI is InChI=1S/C9H10BrF/c1-2-3-7-6-8(11)4-5-9(7)10/h4-6H,2-3H2,1H3. The van der Waals surface area contributed by atoms with Gasteiger partial charge in [0, 0.05) is 4.47 Å². The monoisotopic (exact) mass is 216 g/mol. The Bertz CT molecular complexity index is 245. The van der Waals surface area contributed by atoms with Gasteiger partial charge < -0.3 is 0 Å². The summed E-state index contributed by atoms with van der Waals surface area (Å²) in [4.78, 5) is 0. The lowest BCUT2D eigenvalue weighted by Gasteiger charge is -2.01. The van der Waals surface area contributed by atoms with Crippen LogP contribution < -0.4 is 0 Å². The summed E-state index contributed by atoms with van der Waals surface area (Å²) in [6.45, 7) is 2.08. The molecule has 1 aromatic carbocycles. The van der Waals surface area contributed by atoms with Gasteiger partial charge in [-0.25, -0.2) is 4.39 Å². The minimum Gasteiger partial charge on any atom is -0.207 e. The summed E-state index contributed by atoms with van der Waals surface area (Å²) in [7, 11) is 0.